The Kier molecular flexibility index (Phi) is 7.47. The van der Waals surface area contributed by atoms with Crippen molar-refractivity contribution in [1.29, 1.82) is 0 Å². The summed E-state index contributed by atoms with van der Waals surface area (Å²) < 4.78 is 13.5. The average molecular weight is 470 g/mol. The number of carbonyl (C=O) groups excluding carboxylic acids is 1. The molecule has 4 rings (SSSR count). The van der Waals surface area contributed by atoms with Crippen LogP contribution in [0.4, 0.5) is 9.18 Å². The third kappa shape index (κ3) is 5.83. The summed E-state index contributed by atoms with van der Waals surface area (Å²) in [5.41, 5.74) is 3.60. The van der Waals surface area contributed by atoms with Gasteiger partial charge in [0.05, 0.1) is 29.9 Å². The first-order chi connectivity index (χ1) is 16.0. The highest BCUT2D eigenvalue weighted by Gasteiger charge is 2.25. The van der Waals surface area contributed by atoms with Gasteiger partial charge in [-0.15, -0.1) is 0 Å². The molecule has 0 unspecified atom stereocenters. The number of aromatic nitrogens is 3. The number of amides is 2. The van der Waals surface area contributed by atoms with E-state index in [2.05, 4.69) is 21.4 Å². The molecule has 172 valence electrons. The van der Waals surface area contributed by atoms with Crippen molar-refractivity contribution < 1.29 is 14.3 Å². The summed E-state index contributed by atoms with van der Waals surface area (Å²) in [7, 11) is 0. The Bertz CT molecular complexity index is 1120. The molecular formula is C24H25ClFN5O2. The van der Waals surface area contributed by atoms with E-state index in [1.807, 2.05) is 18.5 Å². The average Bonchev–Trinajstić information content (AvgIpc) is 2.84. The van der Waals surface area contributed by atoms with Gasteiger partial charge in [-0.2, -0.15) is 0 Å². The van der Waals surface area contributed by atoms with E-state index >= 15 is 0 Å². The molecule has 1 atom stereocenters. The minimum atomic E-state index is -0.689. The fraction of sp³-hybridized carbons (Fsp3) is 0.333. The van der Waals surface area contributed by atoms with Gasteiger partial charge >= 0.3 is 6.03 Å². The van der Waals surface area contributed by atoms with Crippen LogP contribution >= 0.6 is 11.6 Å². The number of pyridine rings is 1. The summed E-state index contributed by atoms with van der Waals surface area (Å²) in [6.07, 6.45) is 8.69. The van der Waals surface area contributed by atoms with Gasteiger partial charge in [-0.3, -0.25) is 4.98 Å². The van der Waals surface area contributed by atoms with Crippen molar-refractivity contribution >= 4 is 17.6 Å². The molecule has 0 fully saturated rings. The van der Waals surface area contributed by atoms with Crippen LogP contribution in [0.1, 0.15) is 40.7 Å². The lowest BCUT2D eigenvalue weighted by atomic mass is 10.1. The number of benzene rings is 1. The molecule has 0 aliphatic carbocycles. The lowest BCUT2D eigenvalue weighted by Crippen LogP contribution is -2.45. The van der Waals surface area contributed by atoms with Crippen LogP contribution < -0.4 is 5.32 Å². The van der Waals surface area contributed by atoms with Gasteiger partial charge in [-0.25, -0.2) is 19.2 Å². The Morgan fingerprint density at radius 2 is 2.15 bits per heavy atom. The molecule has 2 amide bonds. The number of rotatable bonds is 7. The predicted octanol–water partition coefficient (Wildman–Crippen LogP) is 3.64. The van der Waals surface area contributed by atoms with Gasteiger partial charge in [0.2, 0.25) is 0 Å². The maximum absolute atomic E-state index is 13.5. The first-order valence-electron chi connectivity index (χ1n) is 10.9. The van der Waals surface area contributed by atoms with Gasteiger partial charge in [0.15, 0.2) is 0 Å². The molecule has 0 saturated carbocycles. The lowest BCUT2D eigenvalue weighted by Gasteiger charge is -2.30. The number of carbonyl (C=O) groups is 1. The van der Waals surface area contributed by atoms with Gasteiger partial charge < -0.3 is 15.3 Å². The smallest absolute Gasteiger partial charge is 0.318 e. The van der Waals surface area contributed by atoms with Crippen molar-refractivity contribution in [3.8, 4) is 0 Å². The molecule has 1 aromatic carbocycles. The minimum absolute atomic E-state index is 0.0557. The normalized spacial score (nSPS) is 14.0. The van der Waals surface area contributed by atoms with Gasteiger partial charge in [0.1, 0.15) is 11.6 Å². The maximum atomic E-state index is 13.5. The number of hydrogen-bond donors (Lipinski definition) is 2. The van der Waals surface area contributed by atoms with Crippen LogP contribution in [0.25, 0.3) is 0 Å². The molecule has 2 N–H and O–H groups in total. The first-order valence-corrected chi connectivity index (χ1v) is 11.2. The maximum Gasteiger partial charge on any atom is 0.318 e. The van der Waals surface area contributed by atoms with Crippen LogP contribution in [0.15, 0.2) is 48.9 Å². The number of aliphatic hydroxyl groups excluding tert-OH is 1. The summed E-state index contributed by atoms with van der Waals surface area (Å²) in [6, 6.07) is 7.10. The van der Waals surface area contributed by atoms with E-state index in [9.17, 15) is 14.3 Å². The fourth-order valence-electron chi connectivity index (χ4n) is 3.84. The molecule has 0 saturated heterocycles. The van der Waals surface area contributed by atoms with Crippen molar-refractivity contribution in [3.63, 3.8) is 0 Å². The van der Waals surface area contributed by atoms with Crippen LogP contribution in [0.2, 0.25) is 5.02 Å². The SMILES string of the molecule is O=C(N[C@H](CO)c1ccc(F)c(Cl)c1)N1CCc2cnc(CCCc3cccnc3)nc2C1. The summed E-state index contributed by atoms with van der Waals surface area (Å²) in [4.78, 5) is 27.8. The second kappa shape index (κ2) is 10.7. The molecule has 3 aromatic rings. The molecular weight excluding hydrogens is 445 g/mol. The summed E-state index contributed by atoms with van der Waals surface area (Å²) in [6.45, 7) is 0.549. The van der Waals surface area contributed by atoms with Crippen molar-refractivity contribution in [2.24, 2.45) is 0 Å². The van der Waals surface area contributed by atoms with Crippen LogP contribution in [0.5, 0.6) is 0 Å². The van der Waals surface area contributed by atoms with E-state index in [1.165, 1.54) is 23.8 Å². The minimum Gasteiger partial charge on any atom is -0.394 e. The third-order valence-electron chi connectivity index (χ3n) is 5.70. The van der Waals surface area contributed by atoms with Crippen molar-refractivity contribution in [2.75, 3.05) is 13.2 Å². The topological polar surface area (TPSA) is 91.2 Å². The zero-order chi connectivity index (χ0) is 23.2. The Balaban J connectivity index is 1.37. The van der Waals surface area contributed by atoms with Gasteiger partial charge in [0, 0.05) is 31.6 Å². The second-order valence-corrected chi connectivity index (χ2v) is 8.41. The Hall–Kier alpha value is -3.10. The summed E-state index contributed by atoms with van der Waals surface area (Å²) in [5.74, 6) is 0.209. The first kappa shape index (κ1) is 23.1. The zero-order valence-electron chi connectivity index (χ0n) is 18.0. The quantitative estimate of drug-likeness (QED) is 0.551. The second-order valence-electron chi connectivity index (χ2n) is 8.00. The number of aryl methyl sites for hydroxylation is 2. The van der Waals surface area contributed by atoms with E-state index in [0.29, 0.717) is 25.1 Å². The largest absolute Gasteiger partial charge is 0.394 e. The van der Waals surface area contributed by atoms with E-state index < -0.39 is 11.9 Å². The Morgan fingerprint density at radius 3 is 2.91 bits per heavy atom. The van der Waals surface area contributed by atoms with Crippen molar-refractivity contribution in [1.82, 2.24) is 25.2 Å². The molecule has 1 aliphatic rings. The van der Waals surface area contributed by atoms with Gasteiger partial charge in [-0.1, -0.05) is 23.7 Å². The van der Waals surface area contributed by atoms with E-state index in [-0.39, 0.29) is 17.7 Å². The number of urea groups is 1. The van der Waals surface area contributed by atoms with E-state index in [0.717, 1.165) is 36.3 Å². The molecule has 9 heteroatoms. The predicted molar refractivity (Wildman–Crippen MR) is 122 cm³/mol. The van der Waals surface area contributed by atoms with Crippen LogP contribution in [0, 0.1) is 5.82 Å². The van der Waals surface area contributed by atoms with Crippen LogP contribution in [0.3, 0.4) is 0 Å². The molecule has 1 aliphatic heterocycles. The Morgan fingerprint density at radius 1 is 1.27 bits per heavy atom. The highest BCUT2D eigenvalue weighted by molar-refractivity contribution is 6.30. The lowest BCUT2D eigenvalue weighted by molar-refractivity contribution is 0.176. The van der Waals surface area contributed by atoms with Crippen LogP contribution in [-0.2, 0) is 25.8 Å². The van der Waals surface area contributed by atoms with Gasteiger partial charge in [-0.05, 0) is 54.2 Å². The fourth-order valence-corrected chi connectivity index (χ4v) is 4.03. The van der Waals surface area contributed by atoms with Crippen molar-refractivity contribution in [3.05, 3.63) is 88.0 Å². The standard InChI is InChI=1S/C24H25ClFN5O2/c25-19-11-17(6-7-20(19)26)22(15-32)30-24(33)31-10-8-18-13-28-23(29-21(18)14-31)5-1-3-16-4-2-9-27-12-16/h2,4,6-7,9,11-13,22,32H,1,3,5,8,10,14-15H2,(H,30,33)/t22-/m1/s1. The molecule has 7 nitrogen and oxygen atoms in total. The monoisotopic (exact) mass is 469 g/mol. The number of nitrogens with one attached hydrogen (secondary N) is 1. The molecule has 0 bridgehead atoms. The summed E-state index contributed by atoms with van der Waals surface area (Å²) in [5, 5.41) is 12.5. The third-order valence-corrected chi connectivity index (χ3v) is 5.99. The highest BCUT2D eigenvalue weighted by atomic mass is 35.5. The molecule has 0 spiro atoms. The number of halogens is 2. The zero-order valence-corrected chi connectivity index (χ0v) is 18.8. The number of nitrogens with zero attached hydrogens (tertiary/aromatic N) is 4. The number of hydrogen-bond acceptors (Lipinski definition) is 5. The van der Waals surface area contributed by atoms with Gasteiger partial charge in [0.25, 0.3) is 0 Å². The number of aliphatic hydroxyl groups is 1. The van der Waals surface area contributed by atoms with E-state index in [1.54, 1.807) is 11.1 Å². The summed E-state index contributed by atoms with van der Waals surface area (Å²) >= 11 is 5.85. The van der Waals surface area contributed by atoms with Crippen molar-refractivity contribution in [2.45, 2.75) is 38.3 Å². The molecule has 2 aromatic heterocycles. The molecule has 33 heavy (non-hydrogen) atoms. The molecule has 0 radical (unpaired) electrons. The Labute approximate surface area is 196 Å². The van der Waals surface area contributed by atoms with E-state index in [4.69, 9.17) is 16.6 Å². The van der Waals surface area contributed by atoms with Crippen LogP contribution in [-0.4, -0.2) is 44.1 Å². The highest BCUT2D eigenvalue weighted by Crippen LogP contribution is 2.22. The molecule has 3 heterocycles. The number of fused-ring (bicyclic) bond motifs is 1.